The van der Waals surface area contributed by atoms with Crippen molar-refractivity contribution >= 4 is 31.5 Å². The van der Waals surface area contributed by atoms with Crippen LogP contribution in [0.25, 0.3) is 22.3 Å². The molecule has 0 saturated heterocycles. The first-order valence-corrected chi connectivity index (χ1v) is 9.40. The van der Waals surface area contributed by atoms with Crippen molar-refractivity contribution in [2.75, 3.05) is 5.73 Å². The molecule has 4 aromatic rings. The van der Waals surface area contributed by atoms with Gasteiger partial charge in [0.25, 0.3) is 0 Å². The van der Waals surface area contributed by atoms with Crippen molar-refractivity contribution < 1.29 is 0 Å². The third-order valence-corrected chi connectivity index (χ3v) is 5.52. The SMILES string of the molecule is Cc1cccc(P)c1Cn1ncc2c(-c3cccc(C#N)c3C)nc(N)nc21. The van der Waals surface area contributed by atoms with Crippen molar-refractivity contribution in [2.24, 2.45) is 0 Å². The van der Waals surface area contributed by atoms with Crippen molar-refractivity contribution in [1.82, 2.24) is 19.7 Å². The van der Waals surface area contributed by atoms with Gasteiger partial charge in [-0.3, -0.25) is 0 Å². The van der Waals surface area contributed by atoms with Crippen LogP contribution in [0.1, 0.15) is 22.3 Å². The molecule has 0 amide bonds. The van der Waals surface area contributed by atoms with Gasteiger partial charge in [0, 0.05) is 5.56 Å². The largest absolute Gasteiger partial charge is 0.368 e. The fraction of sp³-hybridized carbons (Fsp3) is 0.143. The van der Waals surface area contributed by atoms with Crippen molar-refractivity contribution in [2.45, 2.75) is 20.4 Å². The summed E-state index contributed by atoms with van der Waals surface area (Å²) in [6.45, 7) is 4.58. The summed E-state index contributed by atoms with van der Waals surface area (Å²) in [5, 5.41) is 15.8. The molecule has 6 nitrogen and oxygen atoms in total. The first-order chi connectivity index (χ1) is 13.5. The molecule has 28 heavy (non-hydrogen) atoms. The van der Waals surface area contributed by atoms with Crippen LogP contribution in [0.15, 0.2) is 42.6 Å². The zero-order valence-corrected chi connectivity index (χ0v) is 16.8. The fourth-order valence-electron chi connectivity index (χ4n) is 3.40. The molecule has 1 unspecified atom stereocenters. The van der Waals surface area contributed by atoms with Gasteiger partial charge in [-0.05, 0) is 41.9 Å². The van der Waals surface area contributed by atoms with Gasteiger partial charge in [0.1, 0.15) is 0 Å². The van der Waals surface area contributed by atoms with Crippen LogP contribution in [0.4, 0.5) is 5.95 Å². The van der Waals surface area contributed by atoms with E-state index in [1.807, 2.05) is 29.8 Å². The van der Waals surface area contributed by atoms with Crippen LogP contribution < -0.4 is 11.0 Å². The number of benzene rings is 2. The summed E-state index contributed by atoms with van der Waals surface area (Å²) < 4.78 is 1.84. The smallest absolute Gasteiger partial charge is 0.222 e. The van der Waals surface area contributed by atoms with Crippen LogP contribution in [0.5, 0.6) is 0 Å². The van der Waals surface area contributed by atoms with Gasteiger partial charge in [-0.2, -0.15) is 15.3 Å². The van der Waals surface area contributed by atoms with Crippen LogP contribution in [0.2, 0.25) is 0 Å². The van der Waals surface area contributed by atoms with Crippen LogP contribution in [-0.4, -0.2) is 19.7 Å². The maximum absolute atomic E-state index is 9.35. The molecule has 1 atom stereocenters. The van der Waals surface area contributed by atoms with Crippen molar-refractivity contribution in [3.63, 3.8) is 0 Å². The summed E-state index contributed by atoms with van der Waals surface area (Å²) in [7, 11) is 2.77. The Morgan fingerprint density at radius 1 is 1.14 bits per heavy atom. The number of nitrogens with zero attached hydrogens (tertiary/aromatic N) is 5. The molecular formula is C21H19N6P. The van der Waals surface area contributed by atoms with E-state index >= 15 is 0 Å². The maximum Gasteiger partial charge on any atom is 0.222 e. The third-order valence-electron chi connectivity index (χ3n) is 4.98. The highest BCUT2D eigenvalue weighted by molar-refractivity contribution is 7.27. The highest BCUT2D eigenvalue weighted by Gasteiger charge is 2.17. The number of aromatic nitrogens is 4. The highest BCUT2D eigenvalue weighted by Crippen LogP contribution is 2.30. The molecule has 0 aliphatic carbocycles. The minimum atomic E-state index is 0.182. The Kier molecular flexibility index (Phi) is 4.54. The average molecular weight is 386 g/mol. The molecule has 0 fully saturated rings. The number of anilines is 1. The third kappa shape index (κ3) is 3.00. The van der Waals surface area contributed by atoms with E-state index in [0.29, 0.717) is 23.4 Å². The van der Waals surface area contributed by atoms with Crippen LogP contribution >= 0.6 is 9.24 Å². The zero-order chi connectivity index (χ0) is 19.8. The predicted molar refractivity (Wildman–Crippen MR) is 114 cm³/mol. The topological polar surface area (TPSA) is 93.4 Å². The maximum atomic E-state index is 9.35. The van der Waals surface area contributed by atoms with E-state index in [9.17, 15) is 5.26 Å². The Bertz CT molecular complexity index is 1230. The number of nitriles is 1. The van der Waals surface area contributed by atoms with Gasteiger partial charge in [0.05, 0.1) is 35.5 Å². The number of fused-ring (bicyclic) bond motifs is 1. The van der Waals surface area contributed by atoms with Crippen molar-refractivity contribution in [1.29, 1.82) is 5.26 Å². The van der Waals surface area contributed by atoms with Crippen LogP contribution in [0, 0.1) is 25.2 Å². The van der Waals surface area contributed by atoms with Gasteiger partial charge >= 0.3 is 0 Å². The molecule has 0 aliphatic heterocycles. The van der Waals surface area contributed by atoms with Crippen molar-refractivity contribution in [3.8, 4) is 17.3 Å². The minimum Gasteiger partial charge on any atom is -0.368 e. The lowest BCUT2D eigenvalue weighted by Crippen LogP contribution is -2.12. The van der Waals surface area contributed by atoms with E-state index in [0.717, 1.165) is 21.8 Å². The van der Waals surface area contributed by atoms with E-state index in [4.69, 9.17) is 5.73 Å². The number of aryl methyl sites for hydroxylation is 1. The molecule has 2 aromatic carbocycles. The summed E-state index contributed by atoms with van der Waals surface area (Å²) in [5.41, 5.74) is 12.1. The molecule has 4 rings (SSSR count). The van der Waals surface area contributed by atoms with Gasteiger partial charge in [-0.1, -0.05) is 30.3 Å². The number of rotatable bonds is 3. The summed E-state index contributed by atoms with van der Waals surface area (Å²) in [6, 6.07) is 14.0. The van der Waals surface area contributed by atoms with Gasteiger partial charge in [0.2, 0.25) is 5.95 Å². The molecule has 138 valence electrons. The van der Waals surface area contributed by atoms with Gasteiger partial charge < -0.3 is 5.73 Å². The normalized spacial score (nSPS) is 10.9. The molecular weight excluding hydrogens is 367 g/mol. The molecule has 0 bridgehead atoms. The van der Waals surface area contributed by atoms with E-state index in [-0.39, 0.29) is 5.95 Å². The minimum absolute atomic E-state index is 0.182. The summed E-state index contributed by atoms with van der Waals surface area (Å²) in [6.07, 6.45) is 1.77. The highest BCUT2D eigenvalue weighted by atomic mass is 31.0. The lowest BCUT2D eigenvalue weighted by molar-refractivity contribution is 0.704. The van der Waals surface area contributed by atoms with E-state index < -0.39 is 0 Å². The lowest BCUT2D eigenvalue weighted by atomic mass is 9.99. The standard InChI is InChI=1S/C21H19N6P/c1-12-5-3-8-18(28)17(12)11-27-20-16(10-24-27)19(25-21(23)26-20)15-7-4-6-14(9-22)13(15)2/h3-8,10H,11,28H2,1-2H3,(H2,23,25,26). The molecule has 0 aliphatic rings. The first kappa shape index (κ1) is 18.1. The molecule has 7 heteroatoms. The molecule has 0 radical (unpaired) electrons. The van der Waals surface area contributed by atoms with E-state index in [1.54, 1.807) is 12.3 Å². The second-order valence-electron chi connectivity index (χ2n) is 6.70. The number of hydrogen-bond donors (Lipinski definition) is 1. The predicted octanol–water partition coefficient (Wildman–Crippen LogP) is 3.11. The van der Waals surface area contributed by atoms with Crippen molar-refractivity contribution in [3.05, 3.63) is 64.8 Å². The Labute approximate surface area is 165 Å². The molecule has 0 saturated carbocycles. The van der Waals surface area contributed by atoms with E-state index in [1.165, 1.54) is 11.1 Å². The summed E-state index contributed by atoms with van der Waals surface area (Å²) >= 11 is 0. The molecule has 2 aromatic heterocycles. The zero-order valence-electron chi connectivity index (χ0n) is 15.6. The van der Waals surface area contributed by atoms with Gasteiger partial charge in [-0.15, -0.1) is 9.24 Å². The Morgan fingerprint density at radius 2 is 1.93 bits per heavy atom. The molecule has 2 heterocycles. The number of hydrogen-bond acceptors (Lipinski definition) is 5. The quantitative estimate of drug-likeness (QED) is 0.546. The van der Waals surface area contributed by atoms with Gasteiger partial charge in [-0.25, -0.2) is 9.67 Å². The second-order valence-corrected chi connectivity index (χ2v) is 7.32. The Hall–Kier alpha value is -3.29. The number of nitrogens with two attached hydrogens (primary N) is 1. The number of nitrogen functional groups attached to an aromatic ring is 1. The Morgan fingerprint density at radius 3 is 2.68 bits per heavy atom. The molecule has 2 N–H and O–H groups in total. The van der Waals surface area contributed by atoms with E-state index in [2.05, 4.69) is 49.4 Å². The lowest BCUT2D eigenvalue weighted by Gasteiger charge is -2.11. The summed E-state index contributed by atoms with van der Waals surface area (Å²) in [5.74, 6) is 0.182. The van der Waals surface area contributed by atoms with Gasteiger partial charge in [0.15, 0.2) is 5.65 Å². The Balaban J connectivity index is 1.90. The average Bonchev–Trinajstić information content (AvgIpc) is 3.07. The summed E-state index contributed by atoms with van der Waals surface area (Å²) in [4.78, 5) is 8.91. The fourth-order valence-corrected chi connectivity index (χ4v) is 3.83. The van der Waals surface area contributed by atoms with Crippen LogP contribution in [0.3, 0.4) is 0 Å². The van der Waals surface area contributed by atoms with Crippen LogP contribution in [-0.2, 0) is 6.54 Å². The molecule has 0 spiro atoms. The second kappa shape index (κ2) is 7.03. The monoisotopic (exact) mass is 386 g/mol. The first-order valence-electron chi connectivity index (χ1n) is 8.82.